The van der Waals surface area contributed by atoms with E-state index in [1.54, 1.807) is 0 Å². The van der Waals surface area contributed by atoms with Crippen LogP contribution < -0.4 is 10.5 Å². The molecule has 0 bridgehead atoms. The summed E-state index contributed by atoms with van der Waals surface area (Å²) in [5, 5.41) is 0. The Hall–Kier alpha value is -1.80. The highest BCUT2D eigenvalue weighted by atomic mass is 16.5. The second-order valence-corrected chi connectivity index (χ2v) is 8.27. The summed E-state index contributed by atoms with van der Waals surface area (Å²) >= 11 is 0. The molecule has 2 aromatic rings. The van der Waals surface area contributed by atoms with Gasteiger partial charge in [0.15, 0.2) is 0 Å². The fourth-order valence-electron chi connectivity index (χ4n) is 3.17. The highest BCUT2D eigenvalue weighted by Crippen LogP contribution is 2.30. The van der Waals surface area contributed by atoms with Crippen molar-refractivity contribution < 1.29 is 4.74 Å². The fraction of sp³-hybridized carbons (Fsp3) is 0.478. The summed E-state index contributed by atoms with van der Waals surface area (Å²) in [7, 11) is 0. The highest BCUT2D eigenvalue weighted by molar-refractivity contribution is 5.38. The van der Waals surface area contributed by atoms with Gasteiger partial charge in [0.25, 0.3) is 0 Å². The van der Waals surface area contributed by atoms with E-state index in [4.69, 9.17) is 10.5 Å². The van der Waals surface area contributed by atoms with Crippen molar-refractivity contribution in [1.29, 1.82) is 0 Å². The number of aryl methyl sites for hydroxylation is 1. The second kappa shape index (κ2) is 8.05. The zero-order valence-electron chi connectivity index (χ0n) is 16.6. The van der Waals surface area contributed by atoms with Gasteiger partial charge in [0, 0.05) is 5.92 Å². The van der Waals surface area contributed by atoms with E-state index >= 15 is 0 Å². The minimum atomic E-state index is 0.145. The maximum absolute atomic E-state index is 6.17. The molecule has 2 heteroatoms. The summed E-state index contributed by atoms with van der Waals surface area (Å²) in [6.07, 6.45) is 1.12. The van der Waals surface area contributed by atoms with Gasteiger partial charge in [-0.1, -0.05) is 51.1 Å². The van der Waals surface area contributed by atoms with Crippen molar-refractivity contribution in [2.24, 2.45) is 5.73 Å². The predicted octanol–water partition coefficient (Wildman–Crippen LogP) is 5.36. The van der Waals surface area contributed by atoms with Crippen molar-refractivity contribution in [2.45, 2.75) is 65.4 Å². The Morgan fingerprint density at radius 2 is 1.76 bits per heavy atom. The minimum absolute atomic E-state index is 0.145. The van der Waals surface area contributed by atoms with Gasteiger partial charge < -0.3 is 10.5 Å². The average molecular weight is 340 g/mol. The molecule has 2 N–H and O–H groups in total. The largest absolute Gasteiger partial charge is 0.491 e. The molecule has 2 nitrogen and oxygen atoms in total. The molecule has 0 aliphatic carbocycles. The van der Waals surface area contributed by atoms with Crippen molar-refractivity contribution in [1.82, 2.24) is 0 Å². The lowest BCUT2D eigenvalue weighted by Crippen LogP contribution is -2.18. The van der Waals surface area contributed by atoms with Crippen LogP contribution in [-0.4, -0.2) is 12.6 Å². The standard InChI is InChI=1S/C23H33NO/c1-16(2)25-21-9-7-8-18(13-21)12-19(15-24)22-14-20(23(4,5)6)11-10-17(22)3/h7-11,13-14,16,19H,12,15,24H2,1-6H3. The third kappa shape index (κ3) is 5.34. The maximum atomic E-state index is 6.17. The second-order valence-electron chi connectivity index (χ2n) is 8.27. The third-order valence-corrected chi connectivity index (χ3v) is 4.62. The molecule has 25 heavy (non-hydrogen) atoms. The first-order chi connectivity index (χ1) is 11.7. The van der Waals surface area contributed by atoms with Crippen molar-refractivity contribution in [2.75, 3.05) is 6.54 Å². The lowest BCUT2D eigenvalue weighted by molar-refractivity contribution is 0.242. The average Bonchev–Trinajstić information content (AvgIpc) is 2.52. The zero-order chi connectivity index (χ0) is 18.6. The van der Waals surface area contributed by atoms with Crippen LogP contribution in [0.2, 0.25) is 0 Å². The third-order valence-electron chi connectivity index (χ3n) is 4.62. The molecule has 0 aliphatic rings. The summed E-state index contributed by atoms with van der Waals surface area (Å²) < 4.78 is 5.83. The Morgan fingerprint density at radius 3 is 2.36 bits per heavy atom. The number of ether oxygens (including phenoxy) is 1. The molecule has 1 atom stereocenters. The molecule has 0 aromatic heterocycles. The van der Waals surface area contributed by atoms with E-state index < -0.39 is 0 Å². The van der Waals surface area contributed by atoms with Gasteiger partial charge in [-0.15, -0.1) is 0 Å². The first kappa shape index (κ1) is 19.5. The van der Waals surface area contributed by atoms with E-state index in [0.717, 1.165) is 12.2 Å². The van der Waals surface area contributed by atoms with E-state index in [-0.39, 0.29) is 11.5 Å². The number of rotatable bonds is 6. The smallest absolute Gasteiger partial charge is 0.119 e. The van der Waals surface area contributed by atoms with Gasteiger partial charge in [0.1, 0.15) is 5.75 Å². The first-order valence-corrected chi connectivity index (χ1v) is 9.27. The molecule has 0 radical (unpaired) electrons. The van der Waals surface area contributed by atoms with Crippen LogP contribution in [0.25, 0.3) is 0 Å². The van der Waals surface area contributed by atoms with Crippen LogP contribution in [0.3, 0.4) is 0 Å². The lowest BCUT2D eigenvalue weighted by atomic mass is 9.81. The van der Waals surface area contributed by atoms with Crippen molar-refractivity contribution in [3.05, 3.63) is 64.7 Å². The summed E-state index contributed by atoms with van der Waals surface area (Å²) in [6.45, 7) is 13.7. The molecular formula is C23H33NO. The van der Waals surface area contributed by atoms with Crippen LogP contribution in [-0.2, 0) is 11.8 Å². The molecular weight excluding hydrogens is 306 g/mol. The molecule has 0 spiro atoms. The van der Waals surface area contributed by atoms with Gasteiger partial charge >= 0.3 is 0 Å². The molecule has 0 fully saturated rings. The Kier molecular flexibility index (Phi) is 6.29. The van der Waals surface area contributed by atoms with Gasteiger partial charge in [-0.05, 0) is 73.5 Å². The summed E-state index contributed by atoms with van der Waals surface area (Å²) in [6, 6.07) is 15.2. The summed E-state index contributed by atoms with van der Waals surface area (Å²) in [4.78, 5) is 0. The molecule has 0 amide bonds. The Morgan fingerprint density at radius 1 is 1.04 bits per heavy atom. The summed E-state index contributed by atoms with van der Waals surface area (Å²) in [5.41, 5.74) is 11.6. The SMILES string of the molecule is Cc1ccc(C(C)(C)C)cc1C(CN)Cc1cccc(OC(C)C)c1. The zero-order valence-corrected chi connectivity index (χ0v) is 16.6. The van der Waals surface area contributed by atoms with Crippen LogP contribution in [0.5, 0.6) is 5.75 Å². The van der Waals surface area contributed by atoms with Crippen LogP contribution >= 0.6 is 0 Å². The van der Waals surface area contributed by atoms with Gasteiger partial charge in [-0.2, -0.15) is 0 Å². The Balaban J connectivity index is 2.29. The normalized spacial score (nSPS) is 13.1. The molecule has 0 heterocycles. The van der Waals surface area contributed by atoms with Crippen LogP contribution in [0, 0.1) is 6.92 Å². The first-order valence-electron chi connectivity index (χ1n) is 9.27. The quantitative estimate of drug-likeness (QED) is 0.768. The Bertz CT molecular complexity index is 697. The minimum Gasteiger partial charge on any atom is -0.491 e. The molecule has 2 aromatic carbocycles. The maximum Gasteiger partial charge on any atom is 0.119 e. The molecule has 0 aliphatic heterocycles. The van der Waals surface area contributed by atoms with Crippen molar-refractivity contribution in [3.63, 3.8) is 0 Å². The van der Waals surface area contributed by atoms with E-state index in [9.17, 15) is 0 Å². The van der Waals surface area contributed by atoms with E-state index in [1.165, 1.54) is 22.3 Å². The van der Waals surface area contributed by atoms with Crippen molar-refractivity contribution >= 4 is 0 Å². The number of hydrogen-bond acceptors (Lipinski definition) is 2. The predicted molar refractivity (Wildman–Crippen MR) is 108 cm³/mol. The molecule has 2 rings (SSSR count). The van der Waals surface area contributed by atoms with Gasteiger partial charge in [-0.25, -0.2) is 0 Å². The van der Waals surface area contributed by atoms with Crippen LogP contribution in [0.1, 0.15) is 62.8 Å². The van der Waals surface area contributed by atoms with Crippen LogP contribution in [0.15, 0.2) is 42.5 Å². The number of nitrogens with two attached hydrogens (primary N) is 1. The molecule has 136 valence electrons. The van der Waals surface area contributed by atoms with E-state index in [0.29, 0.717) is 12.5 Å². The fourth-order valence-corrected chi connectivity index (χ4v) is 3.17. The highest BCUT2D eigenvalue weighted by Gasteiger charge is 2.19. The monoisotopic (exact) mass is 339 g/mol. The van der Waals surface area contributed by atoms with Crippen molar-refractivity contribution in [3.8, 4) is 5.75 Å². The molecule has 0 saturated carbocycles. The van der Waals surface area contributed by atoms with Gasteiger partial charge in [-0.3, -0.25) is 0 Å². The molecule has 0 saturated heterocycles. The lowest BCUT2D eigenvalue weighted by Gasteiger charge is -2.24. The topological polar surface area (TPSA) is 35.2 Å². The summed E-state index contributed by atoms with van der Waals surface area (Å²) in [5.74, 6) is 1.25. The number of hydrogen-bond donors (Lipinski definition) is 1. The number of benzene rings is 2. The molecule has 1 unspecified atom stereocenters. The van der Waals surface area contributed by atoms with E-state index in [2.05, 4.69) is 77.9 Å². The van der Waals surface area contributed by atoms with E-state index in [1.807, 2.05) is 6.07 Å². The van der Waals surface area contributed by atoms with Gasteiger partial charge in [0.05, 0.1) is 6.10 Å². The Labute approximate surface area is 153 Å². The van der Waals surface area contributed by atoms with Crippen LogP contribution in [0.4, 0.5) is 0 Å². The van der Waals surface area contributed by atoms with Gasteiger partial charge in [0.2, 0.25) is 0 Å².